The van der Waals surface area contributed by atoms with Crippen LogP contribution in [0.1, 0.15) is 36.6 Å². The van der Waals surface area contributed by atoms with E-state index in [0.29, 0.717) is 19.1 Å². The Hall–Kier alpha value is -0.410. The SMILES string of the molecule is ClC(c1cc2c(cc1Br)OCCO2)C1CC2CCC1C2. The molecule has 0 radical (unpaired) electrons. The molecule has 0 N–H and O–H groups in total. The summed E-state index contributed by atoms with van der Waals surface area (Å²) < 4.78 is 12.4. The Labute approximate surface area is 132 Å². The maximum Gasteiger partial charge on any atom is 0.162 e. The van der Waals surface area contributed by atoms with E-state index in [9.17, 15) is 0 Å². The topological polar surface area (TPSA) is 18.5 Å². The van der Waals surface area contributed by atoms with Crippen molar-refractivity contribution in [3.8, 4) is 11.5 Å². The van der Waals surface area contributed by atoms with Crippen LogP contribution in [0, 0.1) is 17.8 Å². The molecule has 0 amide bonds. The number of hydrogen-bond acceptors (Lipinski definition) is 2. The minimum atomic E-state index is 0.0792. The van der Waals surface area contributed by atoms with E-state index in [-0.39, 0.29) is 5.38 Å². The summed E-state index contributed by atoms with van der Waals surface area (Å²) in [6.07, 6.45) is 5.45. The van der Waals surface area contributed by atoms with Gasteiger partial charge in [-0.25, -0.2) is 0 Å². The maximum absolute atomic E-state index is 6.83. The second kappa shape index (κ2) is 5.10. The Bertz CT molecular complexity index is 533. The quantitative estimate of drug-likeness (QED) is 0.698. The number of fused-ring (bicyclic) bond motifs is 3. The van der Waals surface area contributed by atoms with Crippen molar-refractivity contribution in [2.24, 2.45) is 17.8 Å². The largest absolute Gasteiger partial charge is 0.486 e. The number of rotatable bonds is 2. The molecule has 4 atom stereocenters. The zero-order valence-electron chi connectivity index (χ0n) is 11.3. The molecule has 1 aromatic carbocycles. The van der Waals surface area contributed by atoms with Gasteiger partial charge < -0.3 is 9.47 Å². The monoisotopic (exact) mass is 356 g/mol. The summed E-state index contributed by atoms with van der Waals surface area (Å²) in [6.45, 7) is 1.24. The third-order valence-electron chi connectivity index (χ3n) is 5.13. The molecule has 2 nitrogen and oxygen atoms in total. The lowest BCUT2D eigenvalue weighted by Crippen LogP contribution is -2.18. The summed E-state index contributed by atoms with van der Waals surface area (Å²) >= 11 is 10.5. The van der Waals surface area contributed by atoms with E-state index >= 15 is 0 Å². The summed E-state index contributed by atoms with van der Waals surface area (Å²) in [5, 5.41) is 0.0792. The fraction of sp³-hybridized carbons (Fsp3) is 0.625. The molecular weight excluding hydrogens is 340 g/mol. The molecule has 0 aromatic heterocycles. The molecule has 4 rings (SSSR count). The van der Waals surface area contributed by atoms with Crippen molar-refractivity contribution in [1.82, 2.24) is 0 Å². The molecule has 2 aliphatic carbocycles. The highest BCUT2D eigenvalue weighted by Crippen LogP contribution is 2.55. The highest BCUT2D eigenvalue weighted by atomic mass is 79.9. The lowest BCUT2D eigenvalue weighted by atomic mass is 9.84. The van der Waals surface area contributed by atoms with Gasteiger partial charge in [-0.1, -0.05) is 22.4 Å². The summed E-state index contributed by atoms with van der Waals surface area (Å²) in [6, 6.07) is 4.08. The van der Waals surface area contributed by atoms with Gasteiger partial charge in [0.05, 0.1) is 5.38 Å². The summed E-state index contributed by atoms with van der Waals surface area (Å²) in [5.41, 5.74) is 1.16. The summed E-state index contributed by atoms with van der Waals surface area (Å²) in [5.74, 6) is 4.02. The van der Waals surface area contributed by atoms with Gasteiger partial charge in [0, 0.05) is 4.47 Å². The van der Waals surface area contributed by atoms with Crippen LogP contribution in [-0.2, 0) is 0 Å². The zero-order chi connectivity index (χ0) is 13.7. The van der Waals surface area contributed by atoms with Crippen LogP contribution in [0.2, 0.25) is 0 Å². The Balaban J connectivity index is 1.64. The first kappa shape index (κ1) is 13.3. The van der Waals surface area contributed by atoms with Crippen LogP contribution in [0.5, 0.6) is 11.5 Å². The molecule has 2 saturated carbocycles. The fourth-order valence-corrected chi connectivity index (χ4v) is 5.36. The first-order chi connectivity index (χ1) is 9.72. The smallest absolute Gasteiger partial charge is 0.162 e. The summed E-state index contributed by atoms with van der Waals surface area (Å²) in [4.78, 5) is 0. The van der Waals surface area contributed by atoms with Crippen LogP contribution in [0.3, 0.4) is 0 Å². The third kappa shape index (κ3) is 2.14. The van der Waals surface area contributed by atoms with Gasteiger partial charge in [-0.3, -0.25) is 0 Å². The second-order valence-corrected chi connectivity index (χ2v) is 7.58. The van der Waals surface area contributed by atoms with Crippen molar-refractivity contribution >= 4 is 27.5 Å². The molecule has 1 heterocycles. The van der Waals surface area contributed by atoms with Gasteiger partial charge in [-0.2, -0.15) is 0 Å². The molecule has 0 saturated heterocycles. The van der Waals surface area contributed by atoms with Crippen LogP contribution in [0.15, 0.2) is 16.6 Å². The molecule has 20 heavy (non-hydrogen) atoms. The van der Waals surface area contributed by atoms with E-state index in [4.69, 9.17) is 21.1 Å². The first-order valence-corrected chi connectivity index (χ1v) is 8.68. The van der Waals surface area contributed by atoms with Crippen molar-refractivity contribution < 1.29 is 9.47 Å². The number of halogens is 2. The van der Waals surface area contributed by atoms with Crippen molar-refractivity contribution in [3.05, 3.63) is 22.2 Å². The molecule has 3 aliphatic rings. The zero-order valence-corrected chi connectivity index (χ0v) is 13.6. The summed E-state index contributed by atoms with van der Waals surface area (Å²) in [7, 11) is 0. The van der Waals surface area contributed by atoms with E-state index in [1.54, 1.807) is 0 Å². The number of benzene rings is 1. The highest BCUT2D eigenvalue weighted by molar-refractivity contribution is 9.10. The van der Waals surface area contributed by atoms with Gasteiger partial charge in [0.15, 0.2) is 11.5 Å². The molecule has 4 heteroatoms. The van der Waals surface area contributed by atoms with Crippen molar-refractivity contribution in [3.63, 3.8) is 0 Å². The maximum atomic E-state index is 6.83. The molecule has 1 aliphatic heterocycles. The van der Waals surface area contributed by atoms with E-state index in [0.717, 1.165) is 33.4 Å². The van der Waals surface area contributed by atoms with Gasteiger partial charge in [0.2, 0.25) is 0 Å². The number of alkyl halides is 1. The lowest BCUT2D eigenvalue weighted by molar-refractivity contribution is 0.171. The molecule has 108 valence electrons. The highest BCUT2D eigenvalue weighted by Gasteiger charge is 2.43. The Morgan fingerprint density at radius 1 is 1.10 bits per heavy atom. The van der Waals surface area contributed by atoms with Gasteiger partial charge in [0.1, 0.15) is 13.2 Å². The Morgan fingerprint density at radius 3 is 2.50 bits per heavy atom. The molecule has 4 unspecified atom stereocenters. The first-order valence-electron chi connectivity index (χ1n) is 7.45. The normalized spacial score (nSPS) is 32.4. The van der Waals surface area contributed by atoms with E-state index in [1.807, 2.05) is 6.07 Å². The Kier molecular flexibility index (Phi) is 3.38. The van der Waals surface area contributed by atoms with Crippen LogP contribution < -0.4 is 9.47 Å². The predicted molar refractivity (Wildman–Crippen MR) is 82.7 cm³/mol. The van der Waals surface area contributed by atoms with Crippen LogP contribution >= 0.6 is 27.5 Å². The minimum absolute atomic E-state index is 0.0792. The predicted octanol–water partition coefficient (Wildman–Crippen LogP) is 4.94. The van der Waals surface area contributed by atoms with Gasteiger partial charge in [0.25, 0.3) is 0 Å². The molecule has 2 fully saturated rings. The van der Waals surface area contributed by atoms with Gasteiger partial charge in [-0.15, -0.1) is 11.6 Å². The standard InChI is InChI=1S/C16H18BrClO2/c17-13-8-15-14(19-3-4-20-15)7-12(13)16(18)11-6-9-1-2-10(11)5-9/h7-11,16H,1-6H2. The van der Waals surface area contributed by atoms with Gasteiger partial charge >= 0.3 is 0 Å². The minimum Gasteiger partial charge on any atom is -0.486 e. The Morgan fingerprint density at radius 2 is 1.85 bits per heavy atom. The van der Waals surface area contributed by atoms with E-state index in [2.05, 4.69) is 22.0 Å². The van der Waals surface area contributed by atoms with Gasteiger partial charge in [-0.05, 0) is 54.7 Å². The fourth-order valence-electron chi connectivity index (χ4n) is 4.17. The second-order valence-electron chi connectivity index (χ2n) is 6.26. The average Bonchev–Trinajstić information content (AvgIpc) is 3.08. The lowest BCUT2D eigenvalue weighted by Gasteiger charge is -2.28. The average molecular weight is 358 g/mol. The van der Waals surface area contributed by atoms with Crippen molar-refractivity contribution in [2.45, 2.75) is 31.1 Å². The number of hydrogen-bond donors (Lipinski definition) is 0. The third-order valence-corrected chi connectivity index (χ3v) is 6.37. The van der Waals surface area contributed by atoms with E-state index in [1.165, 1.54) is 25.7 Å². The van der Waals surface area contributed by atoms with Crippen LogP contribution in [0.25, 0.3) is 0 Å². The molecular formula is C16H18BrClO2. The van der Waals surface area contributed by atoms with Crippen LogP contribution in [-0.4, -0.2) is 13.2 Å². The number of ether oxygens (including phenoxy) is 2. The molecule has 2 bridgehead atoms. The molecule has 0 spiro atoms. The van der Waals surface area contributed by atoms with Crippen LogP contribution in [0.4, 0.5) is 0 Å². The van der Waals surface area contributed by atoms with Crippen molar-refractivity contribution in [2.75, 3.05) is 13.2 Å². The van der Waals surface area contributed by atoms with E-state index < -0.39 is 0 Å². The van der Waals surface area contributed by atoms with Crippen molar-refractivity contribution in [1.29, 1.82) is 0 Å². The molecule has 1 aromatic rings.